The third-order valence-electron chi connectivity index (χ3n) is 4.40. The van der Waals surface area contributed by atoms with E-state index >= 15 is 0 Å². The zero-order valence-electron chi connectivity index (χ0n) is 13.8. The summed E-state index contributed by atoms with van der Waals surface area (Å²) in [5.74, 6) is 0.756. The molecule has 0 atom stereocenters. The molecular weight excluding hydrogens is 276 g/mol. The Labute approximate surface area is 133 Å². The Kier molecular flexibility index (Phi) is 6.72. The molecule has 0 spiro atoms. The molecule has 2 rings (SSSR count). The topological polar surface area (TPSA) is 41.6 Å². The highest BCUT2D eigenvalue weighted by atomic mass is 16.5. The van der Waals surface area contributed by atoms with Gasteiger partial charge in [-0.3, -0.25) is 4.79 Å². The monoisotopic (exact) mass is 304 g/mol. The molecule has 1 fully saturated rings. The number of rotatable bonds is 7. The second kappa shape index (κ2) is 8.79. The summed E-state index contributed by atoms with van der Waals surface area (Å²) in [6.07, 6.45) is 3.74. The fourth-order valence-electron chi connectivity index (χ4n) is 2.94. The first-order valence-electron chi connectivity index (χ1n) is 8.45. The van der Waals surface area contributed by atoms with E-state index in [1.807, 2.05) is 12.1 Å². The molecule has 1 aliphatic rings. The molecule has 0 radical (unpaired) electrons. The van der Waals surface area contributed by atoms with E-state index in [1.165, 1.54) is 5.69 Å². The minimum Gasteiger partial charge on any atom is -0.381 e. The summed E-state index contributed by atoms with van der Waals surface area (Å²) < 4.78 is 5.35. The molecule has 1 heterocycles. The Morgan fingerprint density at radius 3 is 2.41 bits per heavy atom. The molecular formula is C18H28N2O2. The van der Waals surface area contributed by atoms with Gasteiger partial charge in [0.15, 0.2) is 0 Å². The first-order valence-corrected chi connectivity index (χ1v) is 8.45. The molecule has 4 heteroatoms. The van der Waals surface area contributed by atoms with E-state index in [-0.39, 0.29) is 5.91 Å². The molecule has 1 N–H and O–H groups in total. The summed E-state index contributed by atoms with van der Waals surface area (Å²) >= 11 is 0. The van der Waals surface area contributed by atoms with Crippen LogP contribution in [0, 0.1) is 5.92 Å². The van der Waals surface area contributed by atoms with E-state index in [9.17, 15) is 4.79 Å². The number of nitrogens with one attached hydrogen (secondary N) is 1. The van der Waals surface area contributed by atoms with Crippen LogP contribution in [0.25, 0.3) is 0 Å². The lowest BCUT2D eigenvalue weighted by molar-refractivity contribution is -0.116. The zero-order valence-corrected chi connectivity index (χ0v) is 13.8. The van der Waals surface area contributed by atoms with E-state index in [0.29, 0.717) is 12.3 Å². The molecule has 0 unspecified atom stereocenters. The maximum atomic E-state index is 12.0. The largest absolute Gasteiger partial charge is 0.381 e. The van der Waals surface area contributed by atoms with Crippen LogP contribution in [-0.2, 0) is 9.53 Å². The van der Waals surface area contributed by atoms with E-state index < -0.39 is 0 Å². The van der Waals surface area contributed by atoms with Crippen LogP contribution in [0.5, 0.6) is 0 Å². The highest BCUT2D eigenvalue weighted by Gasteiger charge is 2.15. The molecule has 0 aromatic heterocycles. The number of carbonyl (C=O) groups excluding carboxylic acids is 1. The van der Waals surface area contributed by atoms with Crippen LogP contribution in [0.1, 0.15) is 39.5 Å². The second-order valence-corrected chi connectivity index (χ2v) is 5.86. The van der Waals surface area contributed by atoms with E-state index in [0.717, 1.165) is 51.3 Å². The van der Waals surface area contributed by atoms with Crippen molar-refractivity contribution in [3.05, 3.63) is 24.3 Å². The van der Waals surface area contributed by atoms with Gasteiger partial charge >= 0.3 is 0 Å². The van der Waals surface area contributed by atoms with Crippen LogP contribution in [0.2, 0.25) is 0 Å². The van der Waals surface area contributed by atoms with Crippen LogP contribution < -0.4 is 10.2 Å². The number of anilines is 2. The van der Waals surface area contributed by atoms with Gasteiger partial charge in [-0.2, -0.15) is 0 Å². The number of hydrogen-bond donors (Lipinski definition) is 1. The average Bonchev–Trinajstić information content (AvgIpc) is 2.56. The van der Waals surface area contributed by atoms with Crippen molar-refractivity contribution < 1.29 is 9.53 Å². The normalized spacial score (nSPS) is 15.5. The van der Waals surface area contributed by atoms with Crippen molar-refractivity contribution in [3.8, 4) is 0 Å². The number of hydrogen-bond acceptors (Lipinski definition) is 3. The number of ether oxygens (including phenoxy) is 1. The summed E-state index contributed by atoms with van der Waals surface area (Å²) in [5, 5.41) is 2.99. The average molecular weight is 304 g/mol. The fraction of sp³-hybridized carbons (Fsp3) is 0.611. The molecule has 1 saturated heterocycles. The van der Waals surface area contributed by atoms with Gasteiger partial charge in [-0.05, 0) is 63.3 Å². The van der Waals surface area contributed by atoms with Crippen molar-refractivity contribution in [2.75, 3.05) is 36.5 Å². The van der Waals surface area contributed by atoms with E-state index in [1.54, 1.807) is 0 Å². The molecule has 122 valence electrons. The van der Waals surface area contributed by atoms with Crippen molar-refractivity contribution in [3.63, 3.8) is 0 Å². The standard InChI is InChI=1S/C18H28N2O2/c1-3-20(4-2)17-8-6-16(7-9-17)19-18(21)10-5-15-11-13-22-14-12-15/h6-9,15H,3-5,10-14H2,1-2H3,(H,19,21). The predicted molar refractivity (Wildman–Crippen MR) is 91.4 cm³/mol. The van der Waals surface area contributed by atoms with Gasteiger partial charge < -0.3 is 15.0 Å². The van der Waals surface area contributed by atoms with Crippen LogP contribution in [0.15, 0.2) is 24.3 Å². The third kappa shape index (κ3) is 5.02. The molecule has 0 saturated carbocycles. The Morgan fingerprint density at radius 2 is 1.82 bits per heavy atom. The molecule has 4 nitrogen and oxygen atoms in total. The lowest BCUT2D eigenvalue weighted by Gasteiger charge is -2.22. The van der Waals surface area contributed by atoms with E-state index in [4.69, 9.17) is 4.74 Å². The lowest BCUT2D eigenvalue weighted by atomic mass is 9.95. The summed E-state index contributed by atoms with van der Waals surface area (Å²) in [7, 11) is 0. The van der Waals surface area contributed by atoms with Crippen LogP contribution in [0.4, 0.5) is 11.4 Å². The molecule has 22 heavy (non-hydrogen) atoms. The number of carbonyl (C=O) groups is 1. The quantitative estimate of drug-likeness (QED) is 0.835. The molecule has 1 aromatic rings. The van der Waals surface area contributed by atoms with Gasteiger partial charge in [-0.25, -0.2) is 0 Å². The highest BCUT2D eigenvalue weighted by molar-refractivity contribution is 5.90. The Morgan fingerprint density at radius 1 is 1.18 bits per heavy atom. The molecule has 0 aliphatic carbocycles. The van der Waals surface area contributed by atoms with Gasteiger partial charge in [0.2, 0.25) is 5.91 Å². The Bertz CT molecular complexity index is 449. The third-order valence-corrected chi connectivity index (χ3v) is 4.40. The minimum absolute atomic E-state index is 0.113. The van der Waals surface area contributed by atoms with Crippen molar-refractivity contribution in [2.45, 2.75) is 39.5 Å². The van der Waals surface area contributed by atoms with E-state index in [2.05, 4.69) is 36.2 Å². The van der Waals surface area contributed by atoms with Gasteiger partial charge in [-0.1, -0.05) is 0 Å². The van der Waals surface area contributed by atoms with Crippen LogP contribution in [-0.4, -0.2) is 32.2 Å². The van der Waals surface area contributed by atoms with Crippen molar-refractivity contribution in [2.24, 2.45) is 5.92 Å². The predicted octanol–water partition coefficient (Wildman–Crippen LogP) is 3.68. The fourth-order valence-corrected chi connectivity index (χ4v) is 2.94. The van der Waals surface area contributed by atoms with Crippen LogP contribution >= 0.6 is 0 Å². The van der Waals surface area contributed by atoms with Crippen molar-refractivity contribution in [1.29, 1.82) is 0 Å². The second-order valence-electron chi connectivity index (χ2n) is 5.86. The smallest absolute Gasteiger partial charge is 0.224 e. The number of amides is 1. The summed E-state index contributed by atoms with van der Waals surface area (Å²) in [4.78, 5) is 14.3. The summed E-state index contributed by atoms with van der Waals surface area (Å²) in [6, 6.07) is 8.11. The summed E-state index contributed by atoms with van der Waals surface area (Å²) in [6.45, 7) is 7.98. The van der Waals surface area contributed by atoms with Gasteiger partial charge in [0, 0.05) is 44.1 Å². The summed E-state index contributed by atoms with van der Waals surface area (Å²) in [5.41, 5.74) is 2.08. The number of nitrogens with zero attached hydrogens (tertiary/aromatic N) is 1. The molecule has 1 aliphatic heterocycles. The lowest BCUT2D eigenvalue weighted by Crippen LogP contribution is -2.21. The molecule has 1 aromatic carbocycles. The first kappa shape index (κ1) is 16.8. The zero-order chi connectivity index (χ0) is 15.8. The maximum Gasteiger partial charge on any atom is 0.224 e. The Balaban J connectivity index is 1.78. The van der Waals surface area contributed by atoms with Gasteiger partial charge in [-0.15, -0.1) is 0 Å². The molecule has 1 amide bonds. The maximum absolute atomic E-state index is 12.0. The van der Waals surface area contributed by atoms with Gasteiger partial charge in [0.05, 0.1) is 0 Å². The minimum atomic E-state index is 0.113. The van der Waals surface area contributed by atoms with Gasteiger partial charge in [0.1, 0.15) is 0 Å². The van der Waals surface area contributed by atoms with Crippen molar-refractivity contribution in [1.82, 2.24) is 0 Å². The Hall–Kier alpha value is -1.55. The molecule has 0 bridgehead atoms. The van der Waals surface area contributed by atoms with Crippen LogP contribution in [0.3, 0.4) is 0 Å². The SMILES string of the molecule is CCN(CC)c1ccc(NC(=O)CCC2CCOCC2)cc1. The first-order chi connectivity index (χ1) is 10.7. The van der Waals surface area contributed by atoms with Gasteiger partial charge in [0.25, 0.3) is 0 Å². The van der Waals surface area contributed by atoms with Crippen molar-refractivity contribution >= 4 is 17.3 Å². The highest BCUT2D eigenvalue weighted by Crippen LogP contribution is 2.21. The number of benzene rings is 1.